The molecule has 2 aromatic rings. The van der Waals surface area contributed by atoms with E-state index in [-0.39, 0.29) is 18.6 Å². The molecular formula is C16H16ClN3O3. The summed E-state index contributed by atoms with van der Waals surface area (Å²) in [5.41, 5.74) is 0.550. The molecule has 1 atom stereocenters. The maximum Gasteiger partial charge on any atom is 0.347 e. The third kappa shape index (κ3) is 3.78. The molecule has 6 nitrogen and oxygen atoms in total. The highest BCUT2D eigenvalue weighted by Gasteiger charge is 2.25. The van der Waals surface area contributed by atoms with Gasteiger partial charge < -0.3 is 9.64 Å². The van der Waals surface area contributed by atoms with Gasteiger partial charge in [0.15, 0.2) is 0 Å². The number of carbonyl (C=O) groups excluding carboxylic acids is 1. The first-order chi connectivity index (χ1) is 11.1. The van der Waals surface area contributed by atoms with E-state index >= 15 is 0 Å². The molecule has 0 spiro atoms. The smallest absolute Gasteiger partial charge is 0.347 e. The quantitative estimate of drug-likeness (QED) is 0.854. The number of carbonyl (C=O) groups is 1. The summed E-state index contributed by atoms with van der Waals surface area (Å²) in [5.74, 6) is -0.123. The molecule has 0 saturated carbocycles. The molecule has 1 aromatic heterocycles. The lowest BCUT2D eigenvalue weighted by molar-refractivity contribution is -0.139. The van der Waals surface area contributed by atoms with Crippen LogP contribution >= 0.6 is 11.6 Å². The van der Waals surface area contributed by atoms with Crippen molar-refractivity contribution in [3.05, 3.63) is 63.8 Å². The standard InChI is InChI=1S/C16H16ClN3O3/c17-13-4-2-12(3-5-13)14-10-19(8-9-23-14)15(21)11-20-7-1-6-18-16(20)22/h1-7,14H,8-11H2. The molecule has 23 heavy (non-hydrogen) atoms. The van der Waals surface area contributed by atoms with Crippen molar-refractivity contribution >= 4 is 17.5 Å². The lowest BCUT2D eigenvalue weighted by Gasteiger charge is -2.33. The van der Waals surface area contributed by atoms with Crippen molar-refractivity contribution in [2.45, 2.75) is 12.6 Å². The third-order valence-corrected chi connectivity index (χ3v) is 4.00. The SMILES string of the molecule is O=C(Cn1cccnc1=O)N1CCOC(c2ccc(Cl)cc2)C1. The highest BCUT2D eigenvalue weighted by Crippen LogP contribution is 2.23. The van der Waals surface area contributed by atoms with Crippen LogP contribution in [0, 0.1) is 0 Å². The molecule has 1 amide bonds. The van der Waals surface area contributed by atoms with Gasteiger partial charge in [-0.1, -0.05) is 23.7 Å². The van der Waals surface area contributed by atoms with Crippen LogP contribution in [0.1, 0.15) is 11.7 Å². The Bertz CT molecular complexity index is 745. The zero-order chi connectivity index (χ0) is 16.2. The van der Waals surface area contributed by atoms with Crippen molar-refractivity contribution in [1.29, 1.82) is 0 Å². The fraction of sp³-hybridized carbons (Fsp3) is 0.312. The lowest BCUT2D eigenvalue weighted by Crippen LogP contribution is -2.44. The molecule has 1 saturated heterocycles. The molecule has 0 bridgehead atoms. The van der Waals surface area contributed by atoms with Gasteiger partial charge in [-0.3, -0.25) is 9.36 Å². The maximum absolute atomic E-state index is 12.4. The van der Waals surface area contributed by atoms with Crippen LogP contribution in [0.2, 0.25) is 5.02 Å². The second-order valence-electron chi connectivity index (χ2n) is 5.28. The van der Waals surface area contributed by atoms with Crippen molar-refractivity contribution in [2.24, 2.45) is 0 Å². The Morgan fingerprint density at radius 3 is 2.87 bits per heavy atom. The number of benzene rings is 1. The molecule has 0 aliphatic carbocycles. The topological polar surface area (TPSA) is 64.4 Å². The molecule has 7 heteroatoms. The van der Waals surface area contributed by atoms with Gasteiger partial charge in [-0.15, -0.1) is 0 Å². The number of rotatable bonds is 3. The molecule has 0 N–H and O–H groups in total. The van der Waals surface area contributed by atoms with Crippen LogP contribution in [0.5, 0.6) is 0 Å². The average Bonchev–Trinajstić information content (AvgIpc) is 2.58. The zero-order valence-electron chi connectivity index (χ0n) is 12.4. The molecule has 1 aliphatic rings. The highest BCUT2D eigenvalue weighted by molar-refractivity contribution is 6.30. The van der Waals surface area contributed by atoms with Crippen molar-refractivity contribution in [2.75, 3.05) is 19.7 Å². The highest BCUT2D eigenvalue weighted by atomic mass is 35.5. The Balaban J connectivity index is 1.68. The summed E-state index contributed by atoms with van der Waals surface area (Å²) >= 11 is 5.89. The van der Waals surface area contributed by atoms with Crippen molar-refractivity contribution in [3.63, 3.8) is 0 Å². The van der Waals surface area contributed by atoms with Crippen LogP contribution in [0.25, 0.3) is 0 Å². The van der Waals surface area contributed by atoms with Gasteiger partial charge in [0.1, 0.15) is 12.6 Å². The fourth-order valence-electron chi connectivity index (χ4n) is 2.51. The van der Waals surface area contributed by atoms with E-state index in [4.69, 9.17) is 16.3 Å². The monoisotopic (exact) mass is 333 g/mol. The lowest BCUT2D eigenvalue weighted by atomic mass is 10.1. The first kappa shape index (κ1) is 15.7. The number of amides is 1. The Hall–Kier alpha value is -2.18. The molecule has 3 rings (SSSR count). The van der Waals surface area contributed by atoms with Gasteiger partial charge in [-0.25, -0.2) is 9.78 Å². The molecule has 1 aliphatic heterocycles. The summed E-state index contributed by atoms with van der Waals surface area (Å²) in [6.45, 7) is 1.41. The minimum absolute atomic E-state index is 0.0139. The minimum atomic E-state index is -0.427. The molecule has 1 aromatic carbocycles. The predicted octanol–water partition coefficient (Wildman–Crippen LogP) is 1.50. The average molecular weight is 334 g/mol. The minimum Gasteiger partial charge on any atom is -0.370 e. The Kier molecular flexibility index (Phi) is 4.73. The number of halogens is 1. The van der Waals surface area contributed by atoms with Crippen molar-refractivity contribution in [3.8, 4) is 0 Å². The summed E-state index contributed by atoms with van der Waals surface area (Å²) in [6, 6.07) is 9.02. The predicted molar refractivity (Wildman–Crippen MR) is 85.2 cm³/mol. The molecule has 2 heterocycles. The van der Waals surface area contributed by atoms with Crippen molar-refractivity contribution < 1.29 is 9.53 Å². The molecule has 1 unspecified atom stereocenters. The van der Waals surface area contributed by atoms with E-state index in [1.165, 1.54) is 10.8 Å². The van der Waals surface area contributed by atoms with E-state index in [1.807, 2.05) is 12.1 Å². The summed E-state index contributed by atoms with van der Waals surface area (Å²) in [5, 5.41) is 0.661. The van der Waals surface area contributed by atoms with E-state index in [9.17, 15) is 9.59 Å². The van der Waals surface area contributed by atoms with Crippen LogP contribution in [0.3, 0.4) is 0 Å². The van der Waals surface area contributed by atoms with Gasteiger partial charge in [-0.05, 0) is 23.8 Å². The summed E-state index contributed by atoms with van der Waals surface area (Å²) in [7, 11) is 0. The molecular weight excluding hydrogens is 318 g/mol. The van der Waals surface area contributed by atoms with Crippen LogP contribution in [-0.2, 0) is 16.1 Å². The fourth-order valence-corrected chi connectivity index (χ4v) is 2.63. The number of ether oxygens (including phenoxy) is 1. The van der Waals surface area contributed by atoms with Crippen molar-refractivity contribution in [1.82, 2.24) is 14.5 Å². The van der Waals surface area contributed by atoms with Crippen LogP contribution < -0.4 is 5.69 Å². The van der Waals surface area contributed by atoms with E-state index in [0.29, 0.717) is 24.7 Å². The zero-order valence-corrected chi connectivity index (χ0v) is 13.1. The van der Waals surface area contributed by atoms with Gasteiger partial charge in [0.2, 0.25) is 5.91 Å². The number of morpholine rings is 1. The number of hydrogen-bond acceptors (Lipinski definition) is 4. The number of aromatic nitrogens is 2. The van der Waals surface area contributed by atoms with Gasteiger partial charge in [0.05, 0.1) is 13.2 Å². The van der Waals surface area contributed by atoms with E-state index < -0.39 is 5.69 Å². The largest absolute Gasteiger partial charge is 0.370 e. The molecule has 1 fully saturated rings. The second-order valence-corrected chi connectivity index (χ2v) is 5.72. The summed E-state index contributed by atoms with van der Waals surface area (Å²) < 4.78 is 7.04. The van der Waals surface area contributed by atoms with E-state index in [0.717, 1.165) is 5.56 Å². The van der Waals surface area contributed by atoms with Crippen LogP contribution in [0.4, 0.5) is 0 Å². The second kappa shape index (κ2) is 6.93. The van der Waals surface area contributed by atoms with Crippen LogP contribution in [-0.4, -0.2) is 40.1 Å². The molecule has 120 valence electrons. The van der Waals surface area contributed by atoms with E-state index in [2.05, 4.69) is 4.98 Å². The van der Waals surface area contributed by atoms with Gasteiger partial charge in [0.25, 0.3) is 0 Å². The van der Waals surface area contributed by atoms with Gasteiger partial charge >= 0.3 is 5.69 Å². The summed E-state index contributed by atoms with van der Waals surface area (Å²) in [6.07, 6.45) is 2.79. The summed E-state index contributed by atoms with van der Waals surface area (Å²) in [4.78, 5) is 29.4. The Labute approximate surface area is 138 Å². The van der Waals surface area contributed by atoms with Crippen LogP contribution in [0.15, 0.2) is 47.5 Å². The maximum atomic E-state index is 12.4. The normalized spacial score (nSPS) is 18.0. The Morgan fingerprint density at radius 2 is 2.13 bits per heavy atom. The first-order valence-corrected chi connectivity index (χ1v) is 7.67. The number of hydrogen-bond donors (Lipinski definition) is 0. The van der Waals surface area contributed by atoms with E-state index in [1.54, 1.807) is 29.3 Å². The first-order valence-electron chi connectivity index (χ1n) is 7.30. The van der Waals surface area contributed by atoms with Gasteiger partial charge in [0, 0.05) is 24.0 Å². The Morgan fingerprint density at radius 1 is 1.35 bits per heavy atom. The third-order valence-electron chi connectivity index (χ3n) is 3.75. The molecule has 0 radical (unpaired) electrons. The van der Waals surface area contributed by atoms with Gasteiger partial charge in [-0.2, -0.15) is 0 Å². The number of nitrogens with zero attached hydrogens (tertiary/aromatic N) is 3.